The fraction of sp³-hybridized carbons (Fsp3) is 0.544. The Morgan fingerprint density at radius 2 is 1.17 bits per heavy atom. The molecular weight excluding hydrogens is 1010 g/mol. The number of thiazole rings is 2. The summed E-state index contributed by atoms with van der Waals surface area (Å²) in [7, 11) is 0. The number of likely N-dealkylation sites (tertiary alicyclic amines) is 2. The lowest BCUT2D eigenvalue weighted by Crippen LogP contribution is -2.41. The lowest BCUT2D eigenvalue weighted by Gasteiger charge is -2.32. The highest BCUT2D eigenvalue weighted by Crippen LogP contribution is 2.46. The Kier molecular flexibility index (Phi) is 15.9. The monoisotopic (exact) mass is 1080 g/mol. The van der Waals surface area contributed by atoms with E-state index in [2.05, 4.69) is 139 Å². The number of fused-ring (bicyclic) bond motifs is 1. The molecule has 0 bridgehead atoms. The number of hydrogen-bond donors (Lipinski definition) is 2. The van der Waals surface area contributed by atoms with Crippen LogP contribution in [-0.2, 0) is 37.7 Å². The van der Waals surface area contributed by atoms with E-state index in [9.17, 15) is 19.8 Å². The molecule has 2 amide bonds. The topological polar surface area (TPSA) is 147 Å². The van der Waals surface area contributed by atoms with E-state index < -0.39 is 5.60 Å². The van der Waals surface area contributed by atoms with E-state index in [4.69, 9.17) is 14.7 Å². The van der Waals surface area contributed by atoms with E-state index >= 15 is 0 Å². The molecule has 2 aliphatic rings. The van der Waals surface area contributed by atoms with Crippen LogP contribution in [0.1, 0.15) is 174 Å². The van der Waals surface area contributed by atoms with Crippen LogP contribution in [0.5, 0.6) is 11.5 Å². The summed E-state index contributed by atoms with van der Waals surface area (Å²) in [6.07, 6.45) is 6.73. The molecule has 8 rings (SSSR count). The van der Waals surface area contributed by atoms with E-state index in [1.54, 1.807) is 35.2 Å². The maximum absolute atomic E-state index is 13.1. The molecule has 6 heterocycles. The quantitative estimate of drug-likeness (QED) is 0.166. The van der Waals surface area contributed by atoms with Crippen molar-refractivity contribution in [2.45, 2.75) is 175 Å². The van der Waals surface area contributed by atoms with Crippen molar-refractivity contribution < 1.29 is 24.5 Å². The zero-order chi connectivity index (χ0) is 52.9. The van der Waals surface area contributed by atoms with Crippen LogP contribution in [0.25, 0.3) is 33.7 Å². The molecule has 2 aliphatic heterocycles. The smallest absolute Gasteiger partial charge is 0.410 e. The molecule has 0 spiro atoms. The van der Waals surface area contributed by atoms with Gasteiger partial charge in [-0.3, -0.25) is 4.79 Å². The van der Waals surface area contributed by atoms with Crippen LogP contribution in [0, 0.1) is 0 Å². The van der Waals surface area contributed by atoms with E-state index in [1.165, 1.54) is 0 Å². The Hall–Kier alpha value is -4.86. The molecule has 0 saturated carbocycles. The van der Waals surface area contributed by atoms with Gasteiger partial charge in [-0.25, -0.2) is 24.7 Å². The number of nitrogens with zero attached hydrogens (tertiary/aromatic N) is 7. The number of amides is 2. The van der Waals surface area contributed by atoms with Crippen molar-refractivity contribution in [3.63, 3.8) is 0 Å². The first-order chi connectivity index (χ1) is 33.4. The summed E-state index contributed by atoms with van der Waals surface area (Å²) in [4.78, 5) is 48.0. The molecule has 72 heavy (non-hydrogen) atoms. The zero-order valence-corrected chi connectivity index (χ0v) is 48.4. The first-order valence-electron chi connectivity index (χ1n) is 25.3. The average Bonchev–Trinajstić information content (AvgIpc) is 4.04. The van der Waals surface area contributed by atoms with E-state index in [0.29, 0.717) is 49.5 Å². The standard InChI is InChI=1S/C30H36BrN5O2S.C27H40N2O3S/c1-29(2,3)20-14-19(15-21(25(20)38)30(4,5)6)24-26(31)39-28(34-24)18-9-12-35(13-10-18)23(37)16-36-17-33-22-8-7-11-32-27(22)36;1-25(2,3)19-14-18(15-20(22(19)30)26(4,5)6)21-16-33-23(28-21)17-10-12-29(13-11-17)24(31)32-27(7,8)9/h7-8,11,14-15,17-18,38H,9-10,12-13,16H2,1-6H3;14-17,30H,10-13H2,1-9H3. The minimum Gasteiger partial charge on any atom is -0.507 e. The van der Waals surface area contributed by atoms with Gasteiger partial charge >= 0.3 is 6.09 Å². The van der Waals surface area contributed by atoms with Gasteiger partial charge in [-0.15, -0.1) is 22.7 Å². The highest BCUT2D eigenvalue weighted by Gasteiger charge is 2.33. The number of hydrogen-bond acceptors (Lipinski definition) is 11. The highest BCUT2D eigenvalue weighted by atomic mass is 79.9. The summed E-state index contributed by atoms with van der Waals surface area (Å²) in [5.41, 5.74) is 8.01. The number of halogens is 1. The van der Waals surface area contributed by atoms with Crippen LogP contribution in [0.4, 0.5) is 4.79 Å². The van der Waals surface area contributed by atoms with Crippen LogP contribution in [0.2, 0.25) is 0 Å². The first kappa shape index (κ1) is 54.9. The molecule has 2 N–H and O–H groups in total. The van der Waals surface area contributed by atoms with Crippen molar-refractivity contribution in [2.75, 3.05) is 26.2 Å². The number of aromatic nitrogens is 5. The second kappa shape index (κ2) is 20.8. The zero-order valence-electron chi connectivity index (χ0n) is 45.2. The van der Waals surface area contributed by atoms with Crippen molar-refractivity contribution >= 4 is 61.8 Å². The summed E-state index contributed by atoms with van der Waals surface area (Å²) in [6.45, 7) is 34.3. The Bertz CT molecular complexity index is 2840. The van der Waals surface area contributed by atoms with Crippen molar-refractivity contribution in [1.82, 2.24) is 34.3 Å². The van der Waals surface area contributed by atoms with Crippen LogP contribution < -0.4 is 0 Å². The molecule has 4 aromatic heterocycles. The average molecular weight is 1080 g/mol. The van der Waals surface area contributed by atoms with Gasteiger partial charge in [0.05, 0.1) is 31.5 Å². The molecule has 2 fully saturated rings. The number of benzene rings is 2. The molecule has 0 radical (unpaired) electrons. The van der Waals surface area contributed by atoms with Gasteiger partial charge in [0.25, 0.3) is 0 Å². The van der Waals surface area contributed by atoms with Gasteiger partial charge in [0.2, 0.25) is 5.91 Å². The molecule has 388 valence electrons. The molecule has 6 aromatic rings. The number of carbonyl (C=O) groups is 2. The van der Waals surface area contributed by atoms with Gasteiger partial charge in [0, 0.05) is 83.0 Å². The molecule has 0 aliphatic carbocycles. The molecule has 12 nitrogen and oxygen atoms in total. The van der Waals surface area contributed by atoms with E-state index in [0.717, 1.165) is 95.4 Å². The van der Waals surface area contributed by atoms with Gasteiger partial charge < -0.3 is 29.3 Å². The minimum absolute atomic E-state index is 0.0907. The van der Waals surface area contributed by atoms with E-state index in [1.807, 2.05) is 47.3 Å². The number of carbonyl (C=O) groups excluding carboxylic acids is 2. The summed E-state index contributed by atoms with van der Waals surface area (Å²) < 4.78 is 8.34. The number of phenolic OH excluding ortho intramolecular Hbond substituents is 2. The molecule has 15 heteroatoms. The SMILES string of the molecule is CC(C)(C)OC(=O)N1CCC(c2nc(-c3cc(C(C)(C)C)c(O)c(C(C)(C)C)c3)cs2)CC1.CC(C)(C)c1cc(-c2nc(C3CCN(C(=O)Cn4cnc5cccnc54)CC3)sc2Br)cc(C(C)(C)C)c1O. The second-order valence-corrected chi connectivity index (χ2v) is 27.9. The third-order valence-electron chi connectivity index (χ3n) is 13.5. The van der Waals surface area contributed by atoms with Crippen molar-refractivity contribution in [2.24, 2.45) is 0 Å². The second-order valence-electron chi connectivity index (χ2n) is 24.7. The summed E-state index contributed by atoms with van der Waals surface area (Å²) in [5.74, 6) is 1.52. The van der Waals surface area contributed by atoms with E-state index in [-0.39, 0.29) is 40.2 Å². The maximum atomic E-state index is 13.1. The largest absolute Gasteiger partial charge is 0.507 e. The van der Waals surface area contributed by atoms with Crippen molar-refractivity contribution in [3.05, 3.63) is 90.4 Å². The number of aromatic hydroxyl groups is 2. The van der Waals surface area contributed by atoms with Gasteiger partial charge in [-0.1, -0.05) is 83.1 Å². The third-order valence-corrected chi connectivity index (χ3v) is 16.4. The normalized spacial score (nSPS) is 15.7. The number of rotatable bonds is 6. The fourth-order valence-electron chi connectivity index (χ4n) is 9.39. The van der Waals surface area contributed by atoms with Crippen molar-refractivity contribution in [3.8, 4) is 34.0 Å². The fourth-order valence-corrected chi connectivity index (χ4v) is 12.2. The summed E-state index contributed by atoms with van der Waals surface area (Å²) >= 11 is 7.17. The Morgan fingerprint density at radius 1 is 0.681 bits per heavy atom. The molecule has 2 aromatic carbocycles. The first-order valence-corrected chi connectivity index (χ1v) is 27.8. The van der Waals surface area contributed by atoms with Crippen LogP contribution in [0.15, 0.2) is 58.1 Å². The minimum atomic E-state index is -0.472. The number of imidazole rings is 1. The molecule has 0 atom stereocenters. The predicted molar refractivity (Wildman–Crippen MR) is 297 cm³/mol. The summed E-state index contributed by atoms with van der Waals surface area (Å²) in [5, 5.41) is 26.5. The number of pyridine rings is 1. The van der Waals surface area contributed by atoms with Crippen molar-refractivity contribution in [1.29, 1.82) is 0 Å². The Labute approximate surface area is 443 Å². The third kappa shape index (κ3) is 12.7. The Balaban J connectivity index is 0.000000215. The molecule has 0 unspecified atom stereocenters. The molecular formula is C57H76BrN7O5S2. The lowest BCUT2D eigenvalue weighted by atomic mass is 9.78. The number of phenols is 2. The Morgan fingerprint density at radius 3 is 1.67 bits per heavy atom. The molecule has 2 saturated heterocycles. The van der Waals surface area contributed by atoms with Gasteiger partial charge in [-0.2, -0.15) is 0 Å². The van der Waals surface area contributed by atoms with Crippen LogP contribution in [0.3, 0.4) is 0 Å². The lowest BCUT2D eigenvalue weighted by molar-refractivity contribution is -0.132. The number of piperidine rings is 2. The van der Waals surface area contributed by atoms with Gasteiger partial charge in [0.15, 0.2) is 5.65 Å². The summed E-state index contributed by atoms with van der Waals surface area (Å²) in [6, 6.07) is 12.1. The van der Waals surface area contributed by atoms with Gasteiger partial charge in [-0.05, 0) is 120 Å². The highest BCUT2D eigenvalue weighted by molar-refractivity contribution is 9.11. The van der Waals surface area contributed by atoms with Gasteiger partial charge in [0.1, 0.15) is 29.2 Å². The van der Waals surface area contributed by atoms with Crippen LogP contribution in [-0.4, -0.2) is 88.3 Å². The predicted octanol–water partition coefficient (Wildman–Crippen LogP) is 14.2. The maximum Gasteiger partial charge on any atom is 0.410 e. The number of ether oxygens (including phenoxy) is 1. The van der Waals surface area contributed by atoms with Crippen LogP contribution >= 0.6 is 38.6 Å².